The Labute approximate surface area is 157 Å². The second-order valence-electron chi connectivity index (χ2n) is 6.16. The summed E-state index contributed by atoms with van der Waals surface area (Å²) in [6.45, 7) is 2.15. The third-order valence-corrected chi connectivity index (χ3v) is 3.67. The molecule has 0 heterocycles. The predicted octanol–water partition coefficient (Wildman–Crippen LogP) is 4.71. The van der Waals surface area contributed by atoms with Crippen molar-refractivity contribution in [1.29, 1.82) is 0 Å². The Balaban J connectivity index is 3.77. The number of aliphatic hydroxyl groups is 2. The van der Waals surface area contributed by atoms with Crippen LogP contribution < -0.4 is 0 Å². The van der Waals surface area contributed by atoms with Gasteiger partial charge in [0.15, 0.2) is 0 Å². The lowest BCUT2D eigenvalue weighted by atomic mass is 10.1. The zero-order valence-corrected chi connectivity index (χ0v) is 15.8. The molecule has 0 aliphatic carbocycles. The van der Waals surface area contributed by atoms with Gasteiger partial charge >= 0.3 is 5.97 Å². The topological polar surface area (TPSA) is 77.8 Å². The van der Waals surface area contributed by atoms with Gasteiger partial charge in [0.05, 0.1) is 12.2 Å². The first kappa shape index (κ1) is 24.1. The molecule has 0 bridgehead atoms. The van der Waals surface area contributed by atoms with Gasteiger partial charge in [-0.15, -0.1) is 0 Å². The van der Waals surface area contributed by atoms with Crippen molar-refractivity contribution in [3.63, 3.8) is 0 Å². The fraction of sp³-hybridized carbons (Fsp3) is 0.500. The van der Waals surface area contributed by atoms with E-state index in [1.807, 2.05) is 42.5 Å². The molecule has 0 aromatic carbocycles. The van der Waals surface area contributed by atoms with Crippen LogP contribution in [0.15, 0.2) is 60.8 Å². The molecule has 26 heavy (non-hydrogen) atoms. The van der Waals surface area contributed by atoms with Gasteiger partial charge in [-0.05, 0) is 32.1 Å². The van der Waals surface area contributed by atoms with E-state index in [4.69, 9.17) is 5.11 Å². The Morgan fingerprint density at radius 2 is 1.42 bits per heavy atom. The molecule has 0 spiro atoms. The summed E-state index contributed by atoms with van der Waals surface area (Å²) in [6.07, 6.45) is 23.9. The minimum absolute atomic E-state index is 0.356. The van der Waals surface area contributed by atoms with Crippen LogP contribution in [0.4, 0.5) is 0 Å². The molecule has 146 valence electrons. The maximum Gasteiger partial charge on any atom is 0.327 e. The van der Waals surface area contributed by atoms with Crippen molar-refractivity contribution in [3.05, 3.63) is 60.8 Å². The molecular formula is C22H34O4. The van der Waals surface area contributed by atoms with E-state index < -0.39 is 12.1 Å². The van der Waals surface area contributed by atoms with Crippen molar-refractivity contribution in [2.75, 3.05) is 0 Å². The molecule has 0 aliphatic rings. The monoisotopic (exact) mass is 362 g/mol. The lowest BCUT2D eigenvalue weighted by Crippen LogP contribution is -2.00. The minimum atomic E-state index is -0.941. The van der Waals surface area contributed by atoms with Crippen molar-refractivity contribution in [1.82, 2.24) is 0 Å². The molecule has 0 unspecified atom stereocenters. The highest BCUT2D eigenvalue weighted by molar-refractivity contribution is 5.79. The van der Waals surface area contributed by atoms with E-state index in [1.54, 1.807) is 12.2 Å². The number of carboxylic acid groups (broad SMARTS) is 1. The molecule has 4 heteroatoms. The molecule has 4 nitrogen and oxygen atoms in total. The highest BCUT2D eigenvalue weighted by Crippen LogP contribution is 2.05. The summed E-state index contributed by atoms with van der Waals surface area (Å²) in [6, 6.07) is 0. The van der Waals surface area contributed by atoms with Crippen LogP contribution in [0.5, 0.6) is 0 Å². The van der Waals surface area contributed by atoms with E-state index >= 15 is 0 Å². The van der Waals surface area contributed by atoms with Crippen molar-refractivity contribution in [2.45, 2.75) is 70.5 Å². The van der Waals surface area contributed by atoms with E-state index in [0.717, 1.165) is 44.6 Å². The van der Waals surface area contributed by atoms with Crippen LogP contribution in [-0.4, -0.2) is 33.5 Å². The van der Waals surface area contributed by atoms with Gasteiger partial charge < -0.3 is 15.3 Å². The molecule has 0 aromatic rings. The van der Waals surface area contributed by atoms with E-state index in [2.05, 4.69) is 6.92 Å². The third kappa shape index (κ3) is 18.4. The van der Waals surface area contributed by atoms with Crippen LogP contribution in [0.1, 0.15) is 58.3 Å². The van der Waals surface area contributed by atoms with Crippen LogP contribution in [0.3, 0.4) is 0 Å². The zero-order valence-electron chi connectivity index (χ0n) is 15.8. The van der Waals surface area contributed by atoms with Gasteiger partial charge in [0, 0.05) is 6.08 Å². The lowest BCUT2D eigenvalue weighted by molar-refractivity contribution is -0.131. The molecule has 3 N–H and O–H groups in total. The average Bonchev–Trinajstić information content (AvgIpc) is 2.60. The number of hydrogen-bond acceptors (Lipinski definition) is 3. The van der Waals surface area contributed by atoms with Gasteiger partial charge in [0.1, 0.15) is 0 Å². The SMILES string of the molecule is CCCCC[C@H](O)/C=C/C=C\C/C=C\C=C/[C@@H](O)CCC/C=C/C(=O)O. The fourth-order valence-electron chi connectivity index (χ4n) is 2.20. The number of carbonyl (C=O) groups is 1. The number of rotatable bonds is 15. The van der Waals surface area contributed by atoms with E-state index in [1.165, 1.54) is 0 Å². The summed E-state index contributed by atoms with van der Waals surface area (Å²) in [5, 5.41) is 27.9. The standard InChI is InChI=1S/C22H34O4/c1-2-3-10-15-20(23)16-11-7-5-4-6-8-12-17-21(24)18-13-9-14-19-22(25)26/h5-8,11-12,14,16-17,19-21,23-24H,2-4,9-10,13,15,18H2,1H3,(H,25,26)/b7-5-,8-6-,16-11+,17-12-,19-14+/t20-,21+/m0/s1. The first-order chi connectivity index (χ1) is 12.6. The molecule has 0 rings (SSSR count). The maximum absolute atomic E-state index is 10.3. The van der Waals surface area contributed by atoms with Gasteiger partial charge in [0.2, 0.25) is 0 Å². The molecule has 0 fully saturated rings. The van der Waals surface area contributed by atoms with Gasteiger partial charge in [-0.3, -0.25) is 0 Å². The summed E-state index contributed by atoms with van der Waals surface area (Å²) >= 11 is 0. The minimum Gasteiger partial charge on any atom is -0.478 e. The Morgan fingerprint density at radius 1 is 0.846 bits per heavy atom. The molecule has 0 aliphatic heterocycles. The van der Waals surface area contributed by atoms with Crippen LogP contribution in [0.2, 0.25) is 0 Å². The Bertz CT molecular complexity index is 486. The summed E-state index contributed by atoms with van der Waals surface area (Å²) < 4.78 is 0. The van der Waals surface area contributed by atoms with E-state index in [9.17, 15) is 15.0 Å². The van der Waals surface area contributed by atoms with Gasteiger partial charge in [0.25, 0.3) is 0 Å². The van der Waals surface area contributed by atoms with Crippen molar-refractivity contribution in [3.8, 4) is 0 Å². The summed E-state index contributed by atoms with van der Waals surface area (Å²) in [7, 11) is 0. The Hall–Kier alpha value is -1.91. The highest BCUT2D eigenvalue weighted by atomic mass is 16.4. The van der Waals surface area contributed by atoms with Crippen LogP contribution in [0.25, 0.3) is 0 Å². The fourth-order valence-corrected chi connectivity index (χ4v) is 2.20. The number of hydrogen-bond donors (Lipinski definition) is 3. The smallest absolute Gasteiger partial charge is 0.327 e. The molecule has 0 amide bonds. The largest absolute Gasteiger partial charge is 0.478 e. The Kier molecular flexibility index (Phi) is 16.6. The zero-order chi connectivity index (χ0) is 19.5. The quantitative estimate of drug-likeness (QED) is 0.224. The average molecular weight is 363 g/mol. The summed E-state index contributed by atoms with van der Waals surface area (Å²) in [5.41, 5.74) is 0. The second kappa shape index (κ2) is 17.9. The predicted molar refractivity (Wildman–Crippen MR) is 108 cm³/mol. The number of allylic oxidation sites excluding steroid dienone is 7. The third-order valence-electron chi connectivity index (χ3n) is 3.67. The molecule has 0 saturated heterocycles. The van der Waals surface area contributed by atoms with Crippen molar-refractivity contribution in [2.24, 2.45) is 0 Å². The van der Waals surface area contributed by atoms with Crippen molar-refractivity contribution >= 4 is 5.97 Å². The van der Waals surface area contributed by atoms with Crippen LogP contribution in [-0.2, 0) is 4.79 Å². The summed E-state index contributed by atoms with van der Waals surface area (Å²) in [5.74, 6) is -0.941. The molecule has 0 saturated carbocycles. The van der Waals surface area contributed by atoms with Crippen molar-refractivity contribution < 1.29 is 20.1 Å². The lowest BCUT2D eigenvalue weighted by Gasteiger charge is -2.02. The van der Waals surface area contributed by atoms with E-state index in [-0.39, 0.29) is 6.10 Å². The first-order valence-electron chi connectivity index (χ1n) is 9.48. The summed E-state index contributed by atoms with van der Waals surface area (Å²) in [4.78, 5) is 10.3. The van der Waals surface area contributed by atoms with Gasteiger partial charge in [-0.2, -0.15) is 0 Å². The molecular weight excluding hydrogens is 328 g/mol. The first-order valence-corrected chi connectivity index (χ1v) is 9.48. The number of aliphatic hydroxyl groups excluding tert-OH is 2. The highest BCUT2D eigenvalue weighted by Gasteiger charge is 1.97. The van der Waals surface area contributed by atoms with Crippen LogP contribution >= 0.6 is 0 Å². The molecule has 0 radical (unpaired) electrons. The van der Waals surface area contributed by atoms with E-state index in [0.29, 0.717) is 12.8 Å². The molecule has 2 atom stereocenters. The number of carboxylic acids is 1. The Morgan fingerprint density at radius 3 is 1.96 bits per heavy atom. The second-order valence-corrected chi connectivity index (χ2v) is 6.16. The van der Waals surface area contributed by atoms with Crippen LogP contribution in [0, 0.1) is 0 Å². The molecule has 0 aromatic heterocycles. The number of aliphatic carboxylic acids is 1. The van der Waals surface area contributed by atoms with Gasteiger partial charge in [-0.1, -0.05) is 80.9 Å². The normalized spacial score (nSPS) is 15.2. The maximum atomic E-state index is 10.3. The van der Waals surface area contributed by atoms with Gasteiger partial charge in [-0.25, -0.2) is 4.79 Å². The number of unbranched alkanes of at least 4 members (excludes halogenated alkanes) is 3.